The van der Waals surface area contributed by atoms with Gasteiger partial charge >= 0.3 is 0 Å². The average molecular weight is 348 g/mol. The Morgan fingerprint density at radius 2 is 1.79 bits per heavy atom. The molecule has 2 fully saturated rings. The predicted molar refractivity (Wildman–Crippen MR) is 86.9 cm³/mol. The molecule has 2 rings (SSSR count). The van der Waals surface area contributed by atoms with Crippen molar-refractivity contribution in [3.05, 3.63) is 0 Å². The van der Waals surface area contributed by atoms with Gasteiger partial charge in [-0.1, -0.05) is 28.8 Å². The fraction of sp³-hybridized carbons (Fsp3) is 0.933. The lowest BCUT2D eigenvalue weighted by Crippen LogP contribution is -2.35. The molecule has 1 heterocycles. The first kappa shape index (κ1) is 15.7. The monoisotopic (exact) mass is 347 g/mol. The summed E-state index contributed by atoms with van der Waals surface area (Å²) in [5, 5.41) is 4.29. The van der Waals surface area contributed by atoms with Gasteiger partial charge in [-0.3, -0.25) is 4.79 Å². The van der Waals surface area contributed by atoms with Crippen molar-refractivity contribution in [2.75, 3.05) is 23.4 Å². The molecule has 1 N–H and O–H groups in total. The minimum atomic E-state index is 0.288. The fourth-order valence-electron chi connectivity index (χ4n) is 3.29. The number of hydrogen-bond donors (Lipinski definition) is 1. The molecule has 19 heavy (non-hydrogen) atoms. The molecule has 2 unspecified atom stereocenters. The molecule has 0 radical (unpaired) electrons. The Morgan fingerprint density at radius 1 is 1.11 bits per heavy atom. The van der Waals surface area contributed by atoms with Crippen LogP contribution in [0.3, 0.4) is 0 Å². The summed E-state index contributed by atoms with van der Waals surface area (Å²) in [6.45, 7) is 0.899. The van der Waals surface area contributed by atoms with Gasteiger partial charge in [0.15, 0.2) is 0 Å². The summed E-state index contributed by atoms with van der Waals surface area (Å²) in [6.07, 6.45) is 8.52. The summed E-state index contributed by atoms with van der Waals surface area (Å²) < 4.78 is 0. The Hall–Kier alpha value is 0.300. The summed E-state index contributed by atoms with van der Waals surface area (Å²) in [4.78, 5) is 12.0. The molecule has 1 amide bonds. The molecule has 2 atom stereocenters. The molecule has 4 heteroatoms. The van der Waals surface area contributed by atoms with Crippen molar-refractivity contribution < 1.29 is 4.79 Å². The van der Waals surface area contributed by atoms with Crippen LogP contribution < -0.4 is 5.32 Å². The summed E-state index contributed by atoms with van der Waals surface area (Å²) in [6, 6.07) is 0. The lowest BCUT2D eigenvalue weighted by molar-refractivity contribution is -0.122. The van der Waals surface area contributed by atoms with Gasteiger partial charge in [0.2, 0.25) is 5.91 Å². The first-order valence-electron chi connectivity index (χ1n) is 7.70. The third-order valence-electron chi connectivity index (χ3n) is 4.64. The van der Waals surface area contributed by atoms with Gasteiger partial charge in [0.25, 0.3) is 0 Å². The lowest BCUT2D eigenvalue weighted by atomic mass is 9.80. The number of alkyl halides is 1. The van der Waals surface area contributed by atoms with Crippen LogP contribution >= 0.6 is 27.7 Å². The maximum atomic E-state index is 12.0. The molecule has 0 aromatic carbocycles. The van der Waals surface area contributed by atoms with Crippen LogP contribution in [0.25, 0.3) is 0 Å². The number of rotatable bonds is 5. The maximum absolute atomic E-state index is 12.0. The van der Waals surface area contributed by atoms with Crippen molar-refractivity contribution in [1.29, 1.82) is 0 Å². The van der Waals surface area contributed by atoms with Crippen LogP contribution in [0.1, 0.15) is 44.9 Å². The third-order valence-corrected chi connectivity index (χ3v) is 6.52. The second-order valence-corrected chi connectivity index (χ2v) is 7.90. The molecule has 1 saturated carbocycles. The van der Waals surface area contributed by atoms with Crippen LogP contribution in [0.4, 0.5) is 0 Å². The van der Waals surface area contributed by atoms with E-state index < -0.39 is 0 Å². The topological polar surface area (TPSA) is 29.1 Å². The average Bonchev–Trinajstić information content (AvgIpc) is 2.46. The zero-order valence-corrected chi connectivity index (χ0v) is 14.1. The van der Waals surface area contributed by atoms with E-state index in [1.54, 1.807) is 0 Å². The number of halogens is 1. The van der Waals surface area contributed by atoms with Crippen molar-refractivity contribution in [3.63, 3.8) is 0 Å². The highest BCUT2D eigenvalue weighted by Gasteiger charge is 2.25. The summed E-state index contributed by atoms with van der Waals surface area (Å²) in [5.74, 6) is 4.87. The van der Waals surface area contributed by atoms with E-state index in [0.29, 0.717) is 11.8 Å². The molecule has 110 valence electrons. The highest BCUT2D eigenvalue weighted by molar-refractivity contribution is 9.09. The molecule has 1 aliphatic carbocycles. The normalized spacial score (nSPS) is 29.1. The van der Waals surface area contributed by atoms with Gasteiger partial charge in [-0.15, -0.1) is 0 Å². The number of carbonyl (C=O) groups is 1. The van der Waals surface area contributed by atoms with E-state index in [9.17, 15) is 4.79 Å². The number of thioether (sulfide) groups is 1. The molecule has 0 aromatic rings. The van der Waals surface area contributed by atoms with Crippen molar-refractivity contribution in [2.24, 2.45) is 17.8 Å². The van der Waals surface area contributed by atoms with Gasteiger partial charge in [0.1, 0.15) is 0 Å². The minimum absolute atomic E-state index is 0.288. The first-order chi connectivity index (χ1) is 9.29. The van der Waals surface area contributed by atoms with Crippen molar-refractivity contribution >= 4 is 33.6 Å². The van der Waals surface area contributed by atoms with Gasteiger partial charge in [-0.25, -0.2) is 0 Å². The molecule has 2 aliphatic rings. The van der Waals surface area contributed by atoms with E-state index in [4.69, 9.17) is 0 Å². The highest BCUT2D eigenvalue weighted by Crippen LogP contribution is 2.31. The van der Waals surface area contributed by atoms with Crippen LogP contribution in [-0.4, -0.2) is 29.3 Å². The van der Waals surface area contributed by atoms with Crippen LogP contribution in [0.15, 0.2) is 0 Å². The molecular weight excluding hydrogens is 322 g/mol. The van der Waals surface area contributed by atoms with E-state index in [2.05, 4.69) is 21.2 Å². The number of nitrogens with one attached hydrogen (secondary N) is 1. The van der Waals surface area contributed by atoms with Gasteiger partial charge in [-0.2, -0.15) is 11.8 Å². The molecule has 0 spiro atoms. The molecular formula is C15H26BrNOS. The van der Waals surface area contributed by atoms with E-state index in [1.165, 1.54) is 50.0 Å². The van der Waals surface area contributed by atoms with Crippen LogP contribution in [-0.2, 0) is 4.79 Å². The Labute approximate surface area is 130 Å². The SMILES string of the molecule is O=C(CC1CCSCC1)NCC1CCCCC1CBr. The van der Waals surface area contributed by atoms with E-state index >= 15 is 0 Å². The van der Waals surface area contributed by atoms with E-state index in [0.717, 1.165) is 24.2 Å². The quantitative estimate of drug-likeness (QED) is 0.765. The predicted octanol–water partition coefficient (Wildman–Crippen LogP) is 3.84. The Bertz CT molecular complexity index is 281. The largest absolute Gasteiger partial charge is 0.356 e. The molecule has 2 nitrogen and oxygen atoms in total. The molecule has 1 aliphatic heterocycles. The van der Waals surface area contributed by atoms with Crippen LogP contribution in [0, 0.1) is 17.8 Å². The van der Waals surface area contributed by atoms with E-state index in [-0.39, 0.29) is 5.91 Å². The maximum Gasteiger partial charge on any atom is 0.220 e. The summed E-state index contributed by atoms with van der Waals surface area (Å²) >= 11 is 5.65. The van der Waals surface area contributed by atoms with Crippen LogP contribution in [0.2, 0.25) is 0 Å². The Balaban J connectivity index is 1.67. The number of hydrogen-bond acceptors (Lipinski definition) is 2. The fourth-order valence-corrected chi connectivity index (χ4v) is 5.34. The van der Waals surface area contributed by atoms with E-state index in [1.807, 2.05) is 11.8 Å². The van der Waals surface area contributed by atoms with Crippen LogP contribution in [0.5, 0.6) is 0 Å². The first-order valence-corrected chi connectivity index (χ1v) is 9.97. The number of carbonyl (C=O) groups excluding carboxylic acids is 1. The molecule has 0 bridgehead atoms. The third kappa shape index (κ3) is 5.30. The Kier molecular flexibility index (Phi) is 7.06. The minimum Gasteiger partial charge on any atom is -0.356 e. The zero-order valence-electron chi connectivity index (χ0n) is 11.7. The standard InChI is InChI=1S/C15H26BrNOS/c16-10-13-3-1-2-4-14(13)11-17-15(18)9-12-5-7-19-8-6-12/h12-14H,1-11H2,(H,17,18). The van der Waals surface area contributed by atoms with Gasteiger partial charge < -0.3 is 5.32 Å². The van der Waals surface area contributed by atoms with Gasteiger partial charge in [0.05, 0.1) is 0 Å². The summed E-state index contributed by atoms with van der Waals surface area (Å²) in [7, 11) is 0. The van der Waals surface area contributed by atoms with Crippen molar-refractivity contribution in [3.8, 4) is 0 Å². The van der Waals surface area contributed by atoms with Gasteiger partial charge in [0, 0.05) is 18.3 Å². The number of amides is 1. The second-order valence-electron chi connectivity index (χ2n) is 6.02. The van der Waals surface area contributed by atoms with Gasteiger partial charge in [-0.05, 0) is 54.9 Å². The zero-order chi connectivity index (χ0) is 13.5. The summed E-state index contributed by atoms with van der Waals surface area (Å²) in [5.41, 5.74) is 0. The molecule has 0 aromatic heterocycles. The highest BCUT2D eigenvalue weighted by atomic mass is 79.9. The molecule has 1 saturated heterocycles. The smallest absolute Gasteiger partial charge is 0.220 e. The van der Waals surface area contributed by atoms with Crippen molar-refractivity contribution in [2.45, 2.75) is 44.9 Å². The second kappa shape index (κ2) is 8.56. The lowest BCUT2D eigenvalue weighted by Gasteiger charge is -2.30. The van der Waals surface area contributed by atoms with Crippen molar-refractivity contribution in [1.82, 2.24) is 5.32 Å². The Morgan fingerprint density at radius 3 is 2.47 bits per heavy atom.